The van der Waals surface area contributed by atoms with Crippen molar-refractivity contribution in [2.75, 3.05) is 10.6 Å². The zero-order valence-electron chi connectivity index (χ0n) is 14.8. The molecule has 2 aromatic heterocycles. The summed E-state index contributed by atoms with van der Waals surface area (Å²) < 4.78 is 1.77. The first kappa shape index (κ1) is 16.7. The van der Waals surface area contributed by atoms with Crippen LogP contribution in [-0.4, -0.2) is 31.8 Å². The fourth-order valence-corrected chi connectivity index (χ4v) is 3.50. The minimum Gasteiger partial charge on any atom is -0.508 e. The quantitative estimate of drug-likeness (QED) is 0.575. The summed E-state index contributed by atoms with van der Waals surface area (Å²) in [5, 5.41) is 21.4. The molecule has 0 atom stereocenters. The lowest BCUT2D eigenvalue weighted by Gasteiger charge is -2.28. The van der Waals surface area contributed by atoms with Crippen LogP contribution in [0.1, 0.15) is 31.2 Å². The van der Waals surface area contributed by atoms with Crippen LogP contribution < -0.4 is 16.4 Å². The molecule has 7 nitrogen and oxygen atoms in total. The Balaban J connectivity index is 1.67. The van der Waals surface area contributed by atoms with E-state index in [1.807, 2.05) is 19.2 Å². The number of nitrogens with zero attached hydrogens (tertiary/aromatic N) is 3. The molecule has 7 heteroatoms. The Bertz CT molecular complexity index is 914. The Morgan fingerprint density at radius 1 is 1.23 bits per heavy atom. The van der Waals surface area contributed by atoms with E-state index in [1.54, 1.807) is 28.9 Å². The van der Waals surface area contributed by atoms with Crippen molar-refractivity contribution in [3.8, 4) is 5.75 Å². The minimum atomic E-state index is 0.220. The van der Waals surface area contributed by atoms with Crippen LogP contribution in [-0.2, 0) is 0 Å². The summed E-state index contributed by atoms with van der Waals surface area (Å²) in [4.78, 5) is 4.43. The van der Waals surface area contributed by atoms with Gasteiger partial charge in [0, 0.05) is 41.8 Å². The summed E-state index contributed by atoms with van der Waals surface area (Å²) in [6.07, 6.45) is 7.76. The molecule has 0 bridgehead atoms. The molecule has 0 amide bonds. The van der Waals surface area contributed by atoms with E-state index in [4.69, 9.17) is 10.8 Å². The zero-order valence-corrected chi connectivity index (χ0v) is 14.8. The van der Waals surface area contributed by atoms with E-state index in [1.165, 1.54) is 0 Å². The van der Waals surface area contributed by atoms with E-state index in [0.717, 1.165) is 54.1 Å². The van der Waals surface area contributed by atoms with Gasteiger partial charge in [-0.05, 0) is 44.7 Å². The van der Waals surface area contributed by atoms with E-state index >= 15 is 0 Å². The Hall–Kier alpha value is -2.80. The Morgan fingerprint density at radius 3 is 2.81 bits per heavy atom. The Labute approximate surface area is 152 Å². The monoisotopic (exact) mass is 352 g/mol. The lowest BCUT2D eigenvalue weighted by molar-refractivity contribution is 0.410. The van der Waals surface area contributed by atoms with Gasteiger partial charge in [0.2, 0.25) is 0 Å². The number of phenols is 1. The highest BCUT2D eigenvalue weighted by Gasteiger charge is 2.21. The van der Waals surface area contributed by atoms with E-state index in [9.17, 15) is 5.11 Å². The normalized spacial score (nSPS) is 20.2. The molecule has 2 heterocycles. The summed E-state index contributed by atoms with van der Waals surface area (Å²) in [5.41, 5.74) is 9.46. The van der Waals surface area contributed by atoms with Crippen LogP contribution in [0.3, 0.4) is 0 Å². The molecule has 1 saturated carbocycles. The SMILES string of the molecule is Cc1c(N[C@H]2CC[C@H](N)CC2)nn2ccnc2c1Nc1cccc(O)c1. The summed E-state index contributed by atoms with van der Waals surface area (Å²) in [5.74, 6) is 1.07. The number of aromatic nitrogens is 3. The van der Waals surface area contributed by atoms with Crippen molar-refractivity contribution < 1.29 is 5.11 Å². The number of aromatic hydroxyl groups is 1. The number of rotatable bonds is 4. The number of phenolic OH excluding ortho intramolecular Hbond substituents is 1. The zero-order chi connectivity index (χ0) is 18.1. The third-order valence-corrected chi connectivity index (χ3v) is 5.01. The lowest BCUT2D eigenvalue weighted by Crippen LogP contribution is -2.33. The lowest BCUT2D eigenvalue weighted by atomic mass is 9.92. The van der Waals surface area contributed by atoms with Gasteiger partial charge in [-0.2, -0.15) is 0 Å². The molecule has 3 aromatic rings. The average molecular weight is 352 g/mol. The van der Waals surface area contributed by atoms with Crippen LogP contribution in [0.15, 0.2) is 36.7 Å². The maximum atomic E-state index is 9.73. The molecule has 0 aliphatic heterocycles. The maximum Gasteiger partial charge on any atom is 0.177 e. The number of nitrogens with two attached hydrogens (primary N) is 1. The third kappa shape index (κ3) is 3.30. The Kier molecular flexibility index (Phi) is 4.38. The molecule has 5 N–H and O–H groups in total. The summed E-state index contributed by atoms with van der Waals surface area (Å²) in [7, 11) is 0. The molecular weight excluding hydrogens is 328 g/mol. The van der Waals surface area contributed by atoms with Gasteiger partial charge >= 0.3 is 0 Å². The second kappa shape index (κ2) is 6.84. The van der Waals surface area contributed by atoms with Crippen molar-refractivity contribution in [3.05, 3.63) is 42.2 Å². The Morgan fingerprint density at radius 2 is 2.04 bits per heavy atom. The van der Waals surface area contributed by atoms with E-state index < -0.39 is 0 Å². The van der Waals surface area contributed by atoms with Crippen molar-refractivity contribution in [3.63, 3.8) is 0 Å². The first-order chi connectivity index (χ1) is 12.6. The molecule has 0 spiro atoms. The fourth-order valence-electron chi connectivity index (χ4n) is 3.50. The molecule has 1 aliphatic rings. The molecule has 0 unspecified atom stereocenters. The number of hydrogen-bond donors (Lipinski definition) is 4. The summed E-state index contributed by atoms with van der Waals surface area (Å²) >= 11 is 0. The van der Waals surface area contributed by atoms with Crippen molar-refractivity contribution >= 4 is 22.8 Å². The molecule has 136 valence electrons. The topological polar surface area (TPSA) is 100 Å². The van der Waals surface area contributed by atoms with E-state index in [-0.39, 0.29) is 5.75 Å². The standard InChI is InChI=1S/C19H24N6O/c1-12-17(22-15-3-2-4-16(26)11-15)19-21-9-10-25(19)24-18(12)23-14-7-5-13(20)6-8-14/h2-4,9-11,13-14,22,26H,5-8,20H2,1H3,(H,23,24)/t13-,14-. The smallest absolute Gasteiger partial charge is 0.177 e. The van der Waals surface area contributed by atoms with Crippen molar-refractivity contribution in [2.24, 2.45) is 5.73 Å². The highest BCUT2D eigenvalue weighted by molar-refractivity contribution is 5.80. The molecular formula is C19H24N6O. The largest absolute Gasteiger partial charge is 0.508 e. The van der Waals surface area contributed by atoms with Crippen molar-refractivity contribution in [2.45, 2.75) is 44.7 Å². The highest BCUT2D eigenvalue weighted by atomic mass is 16.3. The summed E-state index contributed by atoms with van der Waals surface area (Å²) in [6, 6.07) is 7.76. The highest BCUT2D eigenvalue weighted by Crippen LogP contribution is 2.31. The van der Waals surface area contributed by atoms with Crippen LogP contribution in [0.5, 0.6) is 5.75 Å². The predicted octanol–water partition coefficient (Wildman–Crippen LogP) is 3.17. The average Bonchev–Trinajstić information content (AvgIpc) is 3.09. The van der Waals surface area contributed by atoms with Gasteiger partial charge in [0.25, 0.3) is 0 Å². The number of anilines is 3. The number of nitrogens with one attached hydrogen (secondary N) is 2. The number of hydrogen-bond acceptors (Lipinski definition) is 6. The molecule has 0 radical (unpaired) electrons. The number of fused-ring (bicyclic) bond motifs is 1. The van der Waals surface area contributed by atoms with Gasteiger partial charge < -0.3 is 21.5 Å². The van der Waals surface area contributed by atoms with Gasteiger partial charge in [-0.15, -0.1) is 5.10 Å². The first-order valence-electron chi connectivity index (χ1n) is 9.02. The first-order valence-corrected chi connectivity index (χ1v) is 9.02. The van der Waals surface area contributed by atoms with Crippen molar-refractivity contribution in [1.82, 2.24) is 14.6 Å². The van der Waals surface area contributed by atoms with Crippen LogP contribution in [0.25, 0.3) is 5.65 Å². The van der Waals surface area contributed by atoms with Crippen LogP contribution in [0, 0.1) is 6.92 Å². The predicted molar refractivity (Wildman–Crippen MR) is 103 cm³/mol. The van der Waals surface area contributed by atoms with E-state index in [2.05, 4.69) is 15.6 Å². The molecule has 1 aromatic carbocycles. The van der Waals surface area contributed by atoms with Gasteiger partial charge in [-0.1, -0.05) is 6.07 Å². The molecule has 0 saturated heterocycles. The van der Waals surface area contributed by atoms with Gasteiger partial charge in [-0.3, -0.25) is 0 Å². The fraction of sp³-hybridized carbons (Fsp3) is 0.368. The second-order valence-corrected chi connectivity index (χ2v) is 6.98. The van der Waals surface area contributed by atoms with Crippen molar-refractivity contribution in [1.29, 1.82) is 0 Å². The van der Waals surface area contributed by atoms with Gasteiger partial charge in [0.15, 0.2) is 11.5 Å². The molecule has 1 fully saturated rings. The van der Waals surface area contributed by atoms with E-state index in [0.29, 0.717) is 12.1 Å². The number of benzene rings is 1. The van der Waals surface area contributed by atoms with Gasteiger partial charge in [0.1, 0.15) is 5.75 Å². The van der Waals surface area contributed by atoms with Gasteiger partial charge in [-0.25, -0.2) is 9.50 Å². The van der Waals surface area contributed by atoms with Crippen LogP contribution in [0.2, 0.25) is 0 Å². The summed E-state index contributed by atoms with van der Waals surface area (Å²) in [6.45, 7) is 2.03. The van der Waals surface area contributed by atoms with Crippen LogP contribution in [0.4, 0.5) is 17.2 Å². The number of imidazole rings is 1. The third-order valence-electron chi connectivity index (χ3n) is 5.01. The molecule has 1 aliphatic carbocycles. The molecule has 26 heavy (non-hydrogen) atoms. The maximum absolute atomic E-state index is 9.73. The molecule has 4 rings (SSSR count). The second-order valence-electron chi connectivity index (χ2n) is 6.98. The minimum absolute atomic E-state index is 0.220. The van der Waals surface area contributed by atoms with Gasteiger partial charge in [0.05, 0.1) is 5.69 Å². The van der Waals surface area contributed by atoms with Crippen LogP contribution >= 0.6 is 0 Å².